The number of carbonyl (C=O) groups is 1. The quantitative estimate of drug-likeness (QED) is 0.197. The maximum absolute atomic E-state index is 13.7. The van der Waals surface area contributed by atoms with Gasteiger partial charge in [-0.15, -0.1) is 0 Å². The molecule has 37 heavy (non-hydrogen) atoms. The Morgan fingerprint density at radius 3 is 2.41 bits per heavy atom. The van der Waals surface area contributed by atoms with Crippen molar-refractivity contribution in [3.63, 3.8) is 0 Å². The van der Waals surface area contributed by atoms with Gasteiger partial charge in [0.25, 0.3) is 5.56 Å². The van der Waals surface area contributed by atoms with Gasteiger partial charge in [0.2, 0.25) is 5.91 Å². The third kappa shape index (κ3) is 6.17. The number of para-hydroxylation sites is 1. The number of fused-ring (bicyclic) bond motifs is 1. The summed E-state index contributed by atoms with van der Waals surface area (Å²) < 4.78 is 42.5. The Morgan fingerprint density at radius 2 is 1.73 bits per heavy atom. The minimum absolute atomic E-state index is 0.0997. The normalized spacial score (nSPS) is 12.6. The van der Waals surface area contributed by atoms with Gasteiger partial charge in [0.05, 0.1) is 22.2 Å². The average molecular weight is 546 g/mol. The van der Waals surface area contributed by atoms with Crippen LogP contribution in [0.4, 0.5) is 18.9 Å². The van der Waals surface area contributed by atoms with Crippen LogP contribution in [0.3, 0.4) is 0 Å². The Hall–Kier alpha value is -3.30. The molecule has 4 rings (SSSR count). The summed E-state index contributed by atoms with van der Waals surface area (Å²) in [5, 5.41) is 2.07. The zero-order valence-electron chi connectivity index (χ0n) is 19.9. The molecule has 0 saturated heterocycles. The highest BCUT2D eigenvalue weighted by Crippen LogP contribution is 2.39. The molecule has 1 atom stereocenters. The van der Waals surface area contributed by atoms with Gasteiger partial charge in [-0.25, -0.2) is 4.98 Å². The van der Waals surface area contributed by atoms with Crippen LogP contribution in [-0.4, -0.2) is 15.5 Å². The lowest BCUT2D eigenvalue weighted by molar-refractivity contribution is -0.137. The van der Waals surface area contributed by atoms with E-state index in [0.717, 1.165) is 23.9 Å². The number of nitrogens with zero attached hydrogens (tertiary/aromatic N) is 2. The molecule has 3 aromatic carbocycles. The number of carbonyl (C=O) groups excluding carboxylic acids is 1. The van der Waals surface area contributed by atoms with E-state index in [4.69, 9.17) is 11.6 Å². The number of rotatable bonds is 7. The number of hydrogen-bond donors (Lipinski definition) is 1. The molecule has 0 unspecified atom stereocenters. The standard InChI is InChI=1S/C27H23ClF3N3O2S/c1-16(2)15-34-25(36)19-10-6-7-11-21(19)33-26(34)37-23(17-8-4-3-5-9-17)24(35)32-22-13-12-18(28)14-20(22)27(29,30)31/h3-14,16,23H,15H2,1-2H3,(H,32,35)/t23-/m0/s1. The van der Waals surface area contributed by atoms with Gasteiger partial charge in [-0.3, -0.25) is 14.2 Å². The topological polar surface area (TPSA) is 64.0 Å². The third-order valence-electron chi connectivity index (χ3n) is 5.48. The largest absolute Gasteiger partial charge is 0.418 e. The number of nitrogens with one attached hydrogen (secondary N) is 1. The number of alkyl halides is 3. The highest BCUT2D eigenvalue weighted by Gasteiger charge is 2.35. The molecule has 1 N–H and O–H groups in total. The molecular formula is C27H23ClF3N3O2S. The van der Waals surface area contributed by atoms with Crippen molar-refractivity contribution in [1.82, 2.24) is 9.55 Å². The summed E-state index contributed by atoms with van der Waals surface area (Å²) >= 11 is 6.80. The van der Waals surface area contributed by atoms with Gasteiger partial charge in [-0.05, 0) is 41.8 Å². The number of halogens is 4. The molecule has 10 heteroatoms. The zero-order chi connectivity index (χ0) is 26.7. The minimum atomic E-state index is -4.72. The van der Waals surface area contributed by atoms with Crippen LogP contribution in [0.1, 0.15) is 30.2 Å². The van der Waals surface area contributed by atoms with Crippen LogP contribution in [0.2, 0.25) is 5.02 Å². The predicted molar refractivity (Wildman–Crippen MR) is 141 cm³/mol. The van der Waals surface area contributed by atoms with Crippen molar-refractivity contribution in [2.24, 2.45) is 5.92 Å². The highest BCUT2D eigenvalue weighted by molar-refractivity contribution is 8.00. The number of aromatic nitrogens is 2. The first-order valence-corrected chi connectivity index (χ1v) is 12.7. The number of thioether (sulfide) groups is 1. The lowest BCUT2D eigenvalue weighted by Gasteiger charge is -2.21. The van der Waals surface area contributed by atoms with E-state index in [1.54, 1.807) is 54.6 Å². The van der Waals surface area contributed by atoms with E-state index in [9.17, 15) is 22.8 Å². The van der Waals surface area contributed by atoms with E-state index in [1.165, 1.54) is 10.6 Å². The second-order valence-electron chi connectivity index (χ2n) is 8.81. The molecule has 1 amide bonds. The van der Waals surface area contributed by atoms with Crippen molar-refractivity contribution in [2.75, 3.05) is 5.32 Å². The highest BCUT2D eigenvalue weighted by atomic mass is 35.5. The number of anilines is 1. The van der Waals surface area contributed by atoms with E-state index in [1.807, 2.05) is 13.8 Å². The van der Waals surface area contributed by atoms with Gasteiger partial charge in [-0.1, -0.05) is 79.7 Å². The fourth-order valence-corrected chi connectivity index (χ4v) is 5.11. The molecule has 1 heterocycles. The lowest BCUT2D eigenvalue weighted by atomic mass is 10.1. The molecule has 0 bridgehead atoms. The van der Waals surface area contributed by atoms with E-state index >= 15 is 0 Å². The van der Waals surface area contributed by atoms with Gasteiger partial charge in [0, 0.05) is 11.6 Å². The monoisotopic (exact) mass is 545 g/mol. The molecule has 0 aliphatic carbocycles. The van der Waals surface area contributed by atoms with E-state index in [-0.39, 0.29) is 16.5 Å². The molecular weight excluding hydrogens is 523 g/mol. The van der Waals surface area contributed by atoms with Crippen molar-refractivity contribution in [1.29, 1.82) is 0 Å². The van der Waals surface area contributed by atoms with Crippen LogP contribution in [-0.2, 0) is 17.5 Å². The first-order valence-electron chi connectivity index (χ1n) is 11.4. The maximum atomic E-state index is 13.7. The number of benzene rings is 3. The maximum Gasteiger partial charge on any atom is 0.418 e. The fraction of sp³-hybridized carbons (Fsp3) is 0.222. The molecule has 0 aliphatic heterocycles. The first kappa shape index (κ1) is 26.8. The summed E-state index contributed by atoms with van der Waals surface area (Å²) in [5.41, 5.74) is -0.684. The van der Waals surface area contributed by atoms with Gasteiger partial charge >= 0.3 is 6.18 Å². The minimum Gasteiger partial charge on any atom is -0.324 e. The van der Waals surface area contributed by atoms with E-state index in [0.29, 0.717) is 28.2 Å². The summed E-state index contributed by atoms with van der Waals surface area (Å²) in [6, 6.07) is 18.7. The Morgan fingerprint density at radius 1 is 1.05 bits per heavy atom. The van der Waals surface area contributed by atoms with E-state index in [2.05, 4.69) is 10.3 Å². The SMILES string of the molecule is CC(C)Cn1c(S[C@H](C(=O)Nc2ccc(Cl)cc2C(F)(F)F)c2ccccc2)nc2ccccc2c1=O. The predicted octanol–water partition coefficient (Wildman–Crippen LogP) is 7.20. The summed E-state index contributed by atoms with van der Waals surface area (Å²) in [4.78, 5) is 31.5. The van der Waals surface area contributed by atoms with Crippen LogP contribution in [0.5, 0.6) is 0 Å². The third-order valence-corrected chi connectivity index (χ3v) is 6.96. The van der Waals surface area contributed by atoms with Crippen LogP contribution < -0.4 is 10.9 Å². The Balaban J connectivity index is 1.79. The molecule has 0 spiro atoms. The molecule has 4 aromatic rings. The number of hydrogen-bond acceptors (Lipinski definition) is 4. The Kier molecular flexibility index (Phi) is 7.94. The van der Waals surface area contributed by atoms with Crippen molar-refractivity contribution in [2.45, 2.75) is 37.0 Å². The van der Waals surface area contributed by atoms with Crippen LogP contribution in [0.25, 0.3) is 10.9 Å². The first-order chi connectivity index (χ1) is 17.5. The molecule has 0 radical (unpaired) electrons. The molecule has 0 saturated carbocycles. The van der Waals surface area contributed by atoms with Gasteiger partial charge < -0.3 is 5.32 Å². The van der Waals surface area contributed by atoms with Crippen molar-refractivity contribution < 1.29 is 18.0 Å². The molecule has 0 fully saturated rings. The van der Waals surface area contributed by atoms with Crippen LogP contribution in [0, 0.1) is 5.92 Å². The van der Waals surface area contributed by atoms with Crippen molar-refractivity contribution in [3.8, 4) is 0 Å². The molecule has 192 valence electrons. The Labute approximate surface area is 220 Å². The van der Waals surface area contributed by atoms with E-state index < -0.39 is 28.6 Å². The molecule has 1 aromatic heterocycles. The Bertz CT molecular complexity index is 1490. The second-order valence-corrected chi connectivity index (χ2v) is 10.3. The van der Waals surface area contributed by atoms with Gasteiger partial charge in [0.15, 0.2) is 5.16 Å². The second kappa shape index (κ2) is 11.0. The van der Waals surface area contributed by atoms with Crippen molar-refractivity contribution in [3.05, 3.63) is 99.3 Å². The van der Waals surface area contributed by atoms with Gasteiger partial charge in [0.1, 0.15) is 5.25 Å². The zero-order valence-corrected chi connectivity index (χ0v) is 21.5. The summed E-state index contributed by atoms with van der Waals surface area (Å²) in [5.74, 6) is -0.588. The average Bonchev–Trinajstić information content (AvgIpc) is 2.85. The smallest absolute Gasteiger partial charge is 0.324 e. The number of amides is 1. The molecule has 0 aliphatic rings. The van der Waals surface area contributed by atoms with Crippen LogP contribution in [0.15, 0.2) is 82.7 Å². The summed E-state index contributed by atoms with van der Waals surface area (Å²) in [7, 11) is 0. The summed E-state index contributed by atoms with van der Waals surface area (Å²) in [6.07, 6.45) is -4.72. The molecule has 5 nitrogen and oxygen atoms in total. The van der Waals surface area contributed by atoms with Crippen LogP contribution >= 0.6 is 23.4 Å². The summed E-state index contributed by atoms with van der Waals surface area (Å²) in [6.45, 7) is 4.27. The van der Waals surface area contributed by atoms with Gasteiger partial charge in [-0.2, -0.15) is 13.2 Å². The lowest BCUT2D eigenvalue weighted by Crippen LogP contribution is -2.27. The fourth-order valence-electron chi connectivity index (χ4n) is 3.83. The van der Waals surface area contributed by atoms with Crippen molar-refractivity contribution >= 4 is 45.9 Å².